The summed E-state index contributed by atoms with van der Waals surface area (Å²) in [5, 5.41) is 21.4. The molecule has 0 spiro atoms. The molecule has 1 saturated carbocycles. The minimum atomic E-state index is -0.804. The van der Waals surface area contributed by atoms with Gasteiger partial charge in [-0.3, -0.25) is 4.79 Å². The lowest BCUT2D eigenvalue weighted by Crippen LogP contribution is -2.51. The number of nitrogens with one attached hydrogen (secondary N) is 1. The third-order valence-electron chi connectivity index (χ3n) is 4.80. The minimum Gasteiger partial charge on any atom is -0.481 e. The number of carboxylic acids is 1. The number of urea groups is 1. The van der Waals surface area contributed by atoms with Crippen molar-refractivity contribution in [3.8, 4) is 0 Å². The lowest BCUT2D eigenvalue weighted by molar-refractivity contribution is -0.142. The molecule has 2 amide bonds. The van der Waals surface area contributed by atoms with Gasteiger partial charge in [0.1, 0.15) is 0 Å². The Morgan fingerprint density at radius 1 is 1.05 bits per heavy atom. The number of aliphatic hydroxyl groups excluding tert-OH is 1. The van der Waals surface area contributed by atoms with Gasteiger partial charge in [-0.05, 0) is 31.6 Å². The van der Waals surface area contributed by atoms with E-state index >= 15 is 0 Å². The molecule has 2 rings (SSSR count). The van der Waals surface area contributed by atoms with E-state index in [1.165, 1.54) is 0 Å². The number of rotatable bonds is 3. The largest absolute Gasteiger partial charge is 0.481 e. The number of carboxylic acid groups (broad SMARTS) is 1. The first kappa shape index (κ1) is 16.1. The Bertz CT molecular complexity index is 367. The molecule has 6 nitrogen and oxygen atoms in total. The predicted octanol–water partition coefficient (Wildman–Crippen LogP) is 1.43. The minimum absolute atomic E-state index is 0.149. The van der Waals surface area contributed by atoms with Gasteiger partial charge in [0.05, 0.1) is 5.92 Å². The van der Waals surface area contributed by atoms with Crippen LogP contribution in [0.15, 0.2) is 0 Å². The first-order valence-electron chi connectivity index (χ1n) is 8.01. The van der Waals surface area contributed by atoms with Crippen molar-refractivity contribution in [2.24, 2.45) is 11.8 Å². The van der Waals surface area contributed by atoms with Crippen molar-refractivity contribution in [1.82, 2.24) is 10.2 Å². The quantitative estimate of drug-likeness (QED) is 0.688. The molecule has 2 unspecified atom stereocenters. The van der Waals surface area contributed by atoms with E-state index in [1.807, 2.05) is 0 Å². The number of piperidine rings is 1. The molecule has 1 aliphatic carbocycles. The van der Waals surface area contributed by atoms with Crippen molar-refractivity contribution in [3.05, 3.63) is 0 Å². The zero-order valence-electron chi connectivity index (χ0n) is 12.5. The number of aliphatic hydroxyl groups is 1. The number of carbonyl (C=O) groups excluding carboxylic acids is 1. The molecule has 0 aromatic carbocycles. The molecule has 21 heavy (non-hydrogen) atoms. The average Bonchev–Trinajstić information content (AvgIpc) is 2.72. The summed E-state index contributed by atoms with van der Waals surface area (Å²) < 4.78 is 0. The molecule has 3 N–H and O–H groups in total. The van der Waals surface area contributed by atoms with Gasteiger partial charge in [0.25, 0.3) is 0 Å². The molecule has 2 atom stereocenters. The van der Waals surface area contributed by atoms with Crippen LogP contribution in [0.25, 0.3) is 0 Å². The van der Waals surface area contributed by atoms with Gasteiger partial charge in [-0.1, -0.05) is 19.3 Å². The zero-order valence-corrected chi connectivity index (χ0v) is 12.5. The number of likely N-dealkylation sites (tertiary alicyclic amines) is 1. The topological polar surface area (TPSA) is 89.9 Å². The summed E-state index contributed by atoms with van der Waals surface area (Å²) >= 11 is 0. The van der Waals surface area contributed by atoms with Crippen molar-refractivity contribution in [1.29, 1.82) is 0 Å². The number of amides is 2. The van der Waals surface area contributed by atoms with E-state index < -0.39 is 11.9 Å². The molecule has 2 aliphatic rings. The second-order valence-corrected chi connectivity index (χ2v) is 6.25. The summed E-state index contributed by atoms with van der Waals surface area (Å²) in [7, 11) is 0. The number of aliphatic carboxylic acids is 1. The number of nitrogens with zero attached hydrogens (tertiary/aromatic N) is 1. The normalized spacial score (nSPS) is 28.0. The molecule has 1 aliphatic heterocycles. The van der Waals surface area contributed by atoms with Crippen LogP contribution >= 0.6 is 0 Å². The second-order valence-electron chi connectivity index (χ2n) is 6.25. The van der Waals surface area contributed by atoms with Crippen LogP contribution in [-0.4, -0.2) is 52.9 Å². The van der Waals surface area contributed by atoms with Crippen LogP contribution in [0.1, 0.15) is 44.9 Å². The molecule has 120 valence electrons. The maximum Gasteiger partial charge on any atom is 0.317 e. The van der Waals surface area contributed by atoms with Gasteiger partial charge in [0.15, 0.2) is 0 Å². The number of hydrogen-bond acceptors (Lipinski definition) is 3. The van der Waals surface area contributed by atoms with Gasteiger partial charge in [0.2, 0.25) is 0 Å². The lowest BCUT2D eigenvalue weighted by Gasteiger charge is -2.33. The van der Waals surface area contributed by atoms with Gasteiger partial charge in [0, 0.05) is 25.7 Å². The van der Waals surface area contributed by atoms with Crippen molar-refractivity contribution >= 4 is 12.0 Å². The van der Waals surface area contributed by atoms with Crippen molar-refractivity contribution in [3.63, 3.8) is 0 Å². The molecule has 0 aromatic heterocycles. The lowest BCUT2D eigenvalue weighted by atomic mass is 9.95. The highest BCUT2D eigenvalue weighted by Gasteiger charge is 2.32. The fourth-order valence-corrected chi connectivity index (χ4v) is 3.34. The fraction of sp³-hybridized carbons (Fsp3) is 0.867. The zero-order chi connectivity index (χ0) is 15.2. The Labute approximate surface area is 125 Å². The molecular weight excluding hydrogens is 272 g/mol. The predicted molar refractivity (Wildman–Crippen MR) is 77.9 cm³/mol. The highest BCUT2D eigenvalue weighted by atomic mass is 16.4. The Kier molecular flexibility index (Phi) is 5.85. The molecule has 1 heterocycles. The number of hydrogen-bond donors (Lipinski definition) is 3. The SMILES string of the molecule is O=C(O)C1CCCCCC1NC(=O)N1CCC(CO)CC1. The molecule has 2 fully saturated rings. The van der Waals surface area contributed by atoms with Crippen LogP contribution in [0.4, 0.5) is 4.79 Å². The molecule has 6 heteroatoms. The molecular formula is C15H26N2O4. The first-order valence-corrected chi connectivity index (χ1v) is 8.01. The highest BCUT2D eigenvalue weighted by Crippen LogP contribution is 2.24. The van der Waals surface area contributed by atoms with E-state index in [2.05, 4.69) is 5.32 Å². The Balaban J connectivity index is 1.89. The summed E-state index contributed by atoms with van der Waals surface area (Å²) in [6, 6.07) is -0.405. The Morgan fingerprint density at radius 2 is 1.71 bits per heavy atom. The molecule has 0 radical (unpaired) electrons. The first-order chi connectivity index (χ1) is 10.1. The fourth-order valence-electron chi connectivity index (χ4n) is 3.34. The summed E-state index contributed by atoms with van der Waals surface area (Å²) in [5.41, 5.74) is 0. The average molecular weight is 298 g/mol. The van der Waals surface area contributed by atoms with E-state index in [9.17, 15) is 14.7 Å². The Hall–Kier alpha value is -1.30. The summed E-state index contributed by atoms with van der Waals surface area (Å²) in [6.45, 7) is 1.46. The second kappa shape index (κ2) is 7.64. The van der Waals surface area contributed by atoms with Gasteiger partial charge in [-0.2, -0.15) is 0 Å². The van der Waals surface area contributed by atoms with Crippen molar-refractivity contribution in [2.45, 2.75) is 51.0 Å². The van der Waals surface area contributed by atoms with E-state index in [1.54, 1.807) is 4.90 Å². The van der Waals surface area contributed by atoms with Crippen LogP contribution in [0.5, 0.6) is 0 Å². The van der Waals surface area contributed by atoms with Crippen LogP contribution in [0.3, 0.4) is 0 Å². The van der Waals surface area contributed by atoms with Crippen LogP contribution in [0.2, 0.25) is 0 Å². The van der Waals surface area contributed by atoms with Gasteiger partial charge in [-0.25, -0.2) is 4.79 Å². The van der Waals surface area contributed by atoms with E-state index in [4.69, 9.17) is 5.11 Å². The van der Waals surface area contributed by atoms with Gasteiger partial charge < -0.3 is 20.4 Å². The van der Waals surface area contributed by atoms with E-state index in [0.717, 1.165) is 38.5 Å². The molecule has 0 aromatic rings. The Morgan fingerprint density at radius 3 is 2.33 bits per heavy atom. The van der Waals surface area contributed by atoms with Gasteiger partial charge >= 0.3 is 12.0 Å². The summed E-state index contributed by atoms with van der Waals surface area (Å²) in [6.07, 6.45) is 5.96. The van der Waals surface area contributed by atoms with Crippen molar-refractivity contribution < 1.29 is 19.8 Å². The van der Waals surface area contributed by atoms with Crippen LogP contribution in [-0.2, 0) is 4.79 Å². The third-order valence-corrected chi connectivity index (χ3v) is 4.80. The van der Waals surface area contributed by atoms with E-state index in [0.29, 0.717) is 25.4 Å². The number of carbonyl (C=O) groups is 2. The van der Waals surface area contributed by atoms with E-state index in [-0.39, 0.29) is 18.7 Å². The molecule has 1 saturated heterocycles. The van der Waals surface area contributed by atoms with Crippen LogP contribution in [0, 0.1) is 11.8 Å². The van der Waals surface area contributed by atoms with Crippen LogP contribution < -0.4 is 5.32 Å². The maximum absolute atomic E-state index is 12.3. The maximum atomic E-state index is 12.3. The summed E-state index contributed by atoms with van der Waals surface area (Å²) in [4.78, 5) is 25.4. The monoisotopic (exact) mass is 298 g/mol. The third kappa shape index (κ3) is 4.33. The molecule has 0 bridgehead atoms. The smallest absolute Gasteiger partial charge is 0.317 e. The highest BCUT2D eigenvalue weighted by molar-refractivity contribution is 5.77. The van der Waals surface area contributed by atoms with Crippen molar-refractivity contribution in [2.75, 3.05) is 19.7 Å². The van der Waals surface area contributed by atoms with Gasteiger partial charge in [-0.15, -0.1) is 0 Å². The standard InChI is InChI=1S/C15H26N2O4/c18-10-11-6-8-17(9-7-11)15(21)16-13-5-3-1-2-4-12(13)14(19)20/h11-13,18H,1-10H2,(H,16,21)(H,19,20). The summed E-state index contributed by atoms with van der Waals surface area (Å²) in [5.74, 6) is -0.980.